The van der Waals surface area contributed by atoms with Crippen LogP contribution in [-0.4, -0.2) is 22.2 Å². The fourth-order valence-electron chi connectivity index (χ4n) is 3.05. The van der Waals surface area contributed by atoms with Gasteiger partial charge in [-0.25, -0.2) is 4.98 Å². The second-order valence-corrected chi connectivity index (χ2v) is 6.66. The Hall–Kier alpha value is -1.47. The lowest BCUT2D eigenvalue weighted by Crippen LogP contribution is -2.35. The molecular weight excluding hydrogens is 288 g/mol. The molecular formula is C14H20N4O2S. The lowest BCUT2D eigenvalue weighted by atomic mass is 9.78. The fraction of sp³-hybridized carbons (Fsp3) is 0.643. The minimum absolute atomic E-state index is 0.402. The smallest absolute Gasteiger partial charge is 0.232 e. The number of anilines is 1. The third kappa shape index (κ3) is 2.94. The normalized spacial score (nSPS) is 26.1. The predicted octanol–water partition coefficient (Wildman–Crippen LogP) is 2.75. The highest BCUT2D eigenvalue weighted by atomic mass is 32.1. The second-order valence-electron chi connectivity index (χ2n) is 5.77. The largest absolute Gasteiger partial charge is 0.375 e. The van der Waals surface area contributed by atoms with Gasteiger partial charge in [0, 0.05) is 12.5 Å². The molecule has 1 aliphatic rings. The van der Waals surface area contributed by atoms with E-state index in [1.165, 1.54) is 17.8 Å². The van der Waals surface area contributed by atoms with Gasteiger partial charge in [0.1, 0.15) is 5.60 Å². The molecule has 2 aromatic rings. The Balaban J connectivity index is 1.79. The maximum atomic E-state index is 5.78. The van der Waals surface area contributed by atoms with Gasteiger partial charge in [-0.1, -0.05) is 18.5 Å². The van der Waals surface area contributed by atoms with E-state index in [-0.39, 0.29) is 0 Å². The number of aromatic nitrogens is 3. The standard InChI is InChI=1S/C14H20N4O2S/c1-9-4-3-5-14(7-9,19-2)12-17-11(20-18-12)6-10-8-21-13(15)16-10/h8-9H,3-7H2,1-2H3,(H2,15,16). The molecule has 0 amide bonds. The Labute approximate surface area is 127 Å². The summed E-state index contributed by atoms with van der Waals surface area (Å²) in [5, 5.41) is 6.62. The van der Waals surface area contributed by atoms with E-state index in [0.717, 1.165) is 25.0 Å². The van der Waals surface area contributed by atoms with Gasteiger partial charge in [0.2, 0.25) is 11.7 Å². The number of thiazole rings is 1. The van der Waals surface area contributed by atoms with Crippen molar-refractivity contribution in [1.29, 1.82) is 0 Å². The van der Waals surface area contributed by atoms with E-state index in [1.54, 1.807) is 7.11 Å². The summed E-state index contributed by atoms with van der Waals surface area (Å²) in [5.74, 6) is 1.83. The van der Waals surface area contributed by atoms with Gasteiger partial charge in [0.15, 0.2) is 5.13 Å². The van der Waals surface area contributed by atoms with Gasteiger partial charge in [0.25, 0.3) is 0 Å². The topological polar surface area (TPSA) is 87.1 Å². The number of methoxy groups -OCH3 is 1. The molecule has 2 aromatic heterocycles. The first kappa shape index (κ1) is 14.5. The van der Waals surface area contributed by atoms with Gasteiger partial charge in [0.05, 0.1) is 12.1 Å². The molecule has 1 aliphatic carbocycles. The van der Waals surface area contributed by atoms with Crippen molar-refractivity contribution >= 4 is 16.5 Å². The van der Waals surface area contributed by atoms with Gasteiger partial charge in [-0.3, -0.25) is 0 Å². The van der Waals surface area contributed by atoms with Crippen LogP contribution in [0, 0.1) is 5.92 Å². The molecule has 0 radical (unpaired) electrons. The monoisotopic (exact) mass is 308 g/mol. The maximum Gasteiger partial charge on any atom is 0.232 e. The highest BCUT2D eigenvalue weighted by Crippen LogP contribution is 2.41. The summed E-state index contributed by atoms with van der Waals surface area (Å²) in [4.78, 5) is 8.75. The second kappa shape index (κ2) is 5.73. The molecule has 0 aliphatic heterocycles. The van der Waals surface area contributed by atoms with E-state index in [0.29, 0.717) is 29.2 Å². The molecule has 2 heterocycles. The highest BCUT2D eigenvalue weighted by Gasteiger charge is 2.40. The zero-order valence-electron chi connectivity index (χ0n) is 12.3. The van der Waals surface area contributed by atoms with Crippen molar-refractivity contribution in [2.24, 2.45) is 5.92 Å². The van der Waals surface area contributed by atoms with Crippen molar-refractivity contribution in [1.82, 2.24) is 15.1 Å². The van der Waals surface area contributed by atoms with E-state index < -0.39 is 5.60 Å². The molecule has 0 saturated heterocycles. The molecule has 2 N–H and O–H groups in total. The van der Waals surface area contributed by atoms with Crippen LogP contribution >= 0.6 is 11.3 Å². The Bertz CT molecular complexity index is 612. The minimum atomic E-state index is -0.402. The molecule has 1 saturated carbocycles. The van der Waals surface area contributed by atoms with Gasteiger partial charge >= 0.3 is 0 Å². The van der Waals surface area contributed by atoms with Crippen LogP contribution < -0.4 is 5.73 Å². The van der Waals surface area contributed by atoms with Crippen LogP contribution in [0.5, 0.6) is 0 Å². The summed E-state index contributed by atoms with van der Waals surface area (Å²) < 4.78 is 11.2. The third-order valence-electron chi connectivity index (χ3n) is 4.12. The van der Waals surface area contributed by atoms with E-state index >= 15 is 0 Å². The molecule has 0 aromatic carbocycles. The molecule has 3 rings (SSSR count). The Kier molecular flexibility index (Phi) is 3.95. The molecule has 2 unspecified atom stereocenters. The lowest BCUT2D eigenvalue weighted by molar-refractivity contribution is -0.0658. The van der Waals surface area contributed by atoms with Crippen LogP contribution in [0.4, 0.5) is 5.13 Å². The average Bonchev–Trinajstić information content (AvgIpc) is 3.09. The Morgan fingerprint density at radius 3 is 3.05 bits per heavy atom. The first-order valence-corrected chi connectivity index (χ1v) is 8.07. The van der Waals surface area contributed by atoms with Gasteiger partial charge in [-0.05, 0) is 25.2 Å². The van der Waals surface area contributed by atoms with Crippen LogP contribution in [-0.2, 0) is 16.8 Å². The van der Waals surface area contributed by atoms with Crippen LogP contribution in [0.25, 0.3) is 0 Å². The number of nitrogens with zero attached hydrogens (tertiary/aromatic N) is 3. The van der Waals surface area contributed by atoms with Crippen molar-refractivity contribution in [3.05, 3.63) is 22.8 Å². The van der Waals surface area contributed by atoms with Crippen molar-refractivity contribution in [2.45, 2.75) is 44.6 Å². The number of nitrogen functional groups attached to an aromatic ring is 1. The number of rotatable bonds is 4. The zero-order chi connectivity index (χ0) is 14.9. The van der Waals surface area contributed by atoms with E-state index in [9.17, 15) is 0 Å². The SMILES string of the molecule is COC1(c2noc(Cc3csc(N)n3)n2)CCCC(C)C1. The number of hydrogen-bond acceptors (Lipinski definition) is 7. The minimum Gasteiger partial charge on any atom is -0.375 e. The van der Waals surface area contributed by atoms with E-state index in [1.807, 2.05) is 5.38 Å². The third-order valence-corrected chi connectivity index (χ3v) is 4.85. The van der Waals surface area contributed by atoms with Gasteiger partial charge in [-0.15, -0.1) is 11.3 Å². The predicted molar refractivity (Wildman–Crippen MR) is 79.9 cm³/mol. The van der Waals surface area contributed by atoms with Gasteiger partial charge < -0.3 is 15.0 Å². The van der Waals surface area contributed by atoms with Gasteiger partial charge in [-0.2, -0.15) is 4.98 Å². The van der Waals surface area contributed by atoms with E-state index in [2.05, 4.69) is 22.0 Å². The van der Waals surface area contributed by atoms with E-state index in [4.69, 9.17) is 15.0 Å². The fourth-order valence-corrected chi connectivity index (χ4v) is 3.62. The van der Waals surface area contributed by atoms with Crippen LogP contribution in [0.1, 0.15) is 50.0 Å². The molecule has 114 valence electrons. The van der Waals surface area contributed by atoms with Crippen LogP contribution in [0.3, 0.4) is 0 Å². The van der Waals surface area contributed by atoms with Crippen molar-refractivity contribution < 1.29 is 9.26 Å². The molecule has 6 nitrogen and oxygen atoms in total. The summed E-state index contributed by atoms with van der Waals surface area (Å²) in [6, 6.07) is 0. The summed E-state index contributed by atoms with van der Waals surface area (Å²) in [5.41, 5.74) is 6.09. The molecule has 2 atom stereocenters. The van der Waals surface area contributed by atoms with Crippen LogP contribution in [0.15, 0.2) is 9.90 Å². The highest BCUT2D eigenvalue weighted by molar-refractivity contribution is 7.13. The molecule has 0 spiro atoms. The molecule has 1 fully saturated rings. The average molecular weight is 308 g/mol. The van der Waals surface area contributed by atoms with Crippen molar-refractivity contribution in [3.63, 3.8) is 0 Å². The summed E-state index contributed by atoms with van der Waals surface area (Å²) >= 11 is 1.41. The maximum absolute atomic E-state index is 5.78. The Morgan fingerprint density at radius 1 is 1.52 bits per heavy atom. The number of ether oxygens (including phenoxy) is 1. The molecule has 0 bridgehead atoms. The molecule has 7 heteroatoms. The lowest BCUT2D eigenvalue weighted by Gasteiger charge is -2.36. The summed E-state index contributed by atoms with van der Waals surface area (Å²) in [7, 11) is 1.73. The quantitative estimate of drug-likeness (QED) is 0.934. The number of hydrogen-bond donors (Lipinski definition) is 1. The summed E-state index contributed by atoms with van der Waals surface area (Å²) in [6.07, 6.45) is 4.74. The molecule has 21 heavy (non-hydrogen) atoms. The van der Waals surface area contributed by atoms with Crippen molar-refractivity contribution in [3.8, 4) is 0 Å². The summed E-state index contributed by atoms with van der Waals surface area (Å²) in [6.45, 7) is 2.24. The zero-order valence-corrected chi connectivity index (χ0v) is 13.2. The first-order chi connectivity index (χ1) is 10.1. The Morgan fingerprint density at radius 2 is 2.38 bits per heavy atom. The van der Waals surface area contributed by atoms with Crippen LogP contribution in [0.2, 0.25) is 0 Å². The first-order valence-electron chi connectivity index (χ1n) is 7.19. The number of nitrogens with two attached hydrogens (primary N) is 1. The van der Waals surface area contributed by atoms with Crippen molar-refractivity contribution in [2.75, 3.05) is 12.8 Å².